The Morgan fingerprint density at radius 3 is 1.27 bits per heavy atom. The minimum Gasteiger partial charge on any atom is -0.454 e. The second-order valence-corrected chi connectivity index (χ2v) is 8.26. The lowest BCUT2D eigenvalue weighted by atomic mass is 9.78. The lowest BCUT2D eigenvalue weighted by Crippen LogP contribution is -2.18. The molecular formula is C27H24F2N2O2. The molecule has 6 heteroatoms. The maximum absolute atomic E-state index is 14.0. The van der Waals surface area contributed by atoms with Crippen molar-refractivity contribution >= 4 is 11.4 Å². The minimum atomic E-state index is -0.513. The molecule has 0 heterocycles. The number of rotatable bonds is 6. The third-order valence-corrected chi connectivity index (χ3v) is 5.52. The van der Waals surface area contributed by atoms with Crippen LogP contribution in [0, 0.1) is 11.6 Å². The summed E-state index contributed by atoms with van der Waals surface area (Å²) in [5.74, 6) is 0.245. The quantitative estimate of drug-likeness (QED) is 0.312. The van der Waals surface area contributed by atoms with Gasteiger partial charge in [0.15, 0.2) is 23.1 Å². The Morgan fingerprint density at radius 1 is 0.576 bits per heavy atom. The third kappa shape index (κ3) is 4.90. The summed E-state index contributed by atoms with van der Waals surface area (Å²) in [6.07, 6.45) is 0. The molecule has 4 aromatic carbocycles. The predicted molar refractivity (Wildman–Crippen MR) is 127 cm³/mol. The topological polar surface area (TPSA) is 70.5 Å². The molecule has 0 spiro atoms. The van der Waals surface area contributed by atoms with Gasteiger partial charge in [0, 0.05) is 28.9 Å². The van der Waals surface area contributed by atoms with Crippen LogP contribution in [0.3, 0.4) is 0 Å². The maximum atomic E-state index is 14.0. The van der Waals surface area contributed by atoms with Gasteiger partial charge in [-0.05, 0) is 59.7 Å². The summed E-state index contributed by atoms with van der Waals surface area (Å²) in [5.41, 5.74) is 13.6. The van der Waals surface area contributed by atoms with Gasteiger partial charge in [0.2, 0.25) is 0 Å². The van der Waals surface area contributed by atoms with Crippen molar-refractivity contribution in [2.75, 3.05) is 11.5 Å². The molecule has 0 radical (unpaired) electrons. The molecule has 4 rings (SSSR count). The van der Waals surface area contributed by atoms with Crippen LogP contribution in [0.5, 0.6) is 23.0 Å². The van der Waals surface area contributed by atoms with Gasteiger partial charge < -0.3 is 20.9 Å². The molecule has 0 unspecified atom stereocenters. The number of nitrogens with two attached hydrogens (primary N) is 2. The van der Waals surface area contributed by atoms with Crippen LogP contribution in [-0.4, -0.2) is 0 Å². The fourth-order valence-corrected chi connectivity index (χ4v) is 3.50. The average Bonchev–Trinajstić information content (AvgIpc) is 2.78. The van der Waals surface area contributed by atoms with Crippen molar-refractivity contribution in [3.8, 4) is 23.0 Å². The van der Waals surface area contributed by atoms with E-state index in [1.165, 1.54) is 24.3 Å². The monoisotopic (exact) mass is 446 g/mol. The fourth-order valence-electron chi connectivity index (χ4n) is 3.50. The van der Waals surface area contributed by atoms with Crippen LogP contribution < -0.4 is 20.9 Å². The Bertz CT molecular complexity index is 1170. The molecule has 168 valence electrons. The number of benzene rings is 4. The number of nitrogen functional groups attached to an aromatic ring is 2. The maximum Gasteiger partial charge on any atom is 0.167 e. The van der Waals surface area contributed by atoms with Crippen LogP contribution in [0.4, 0.5) is 20.2 Å². The van der Waals surface area contributed by atoms with Crippen molar-refractivity contribution < 1.29 is 18.3 Å². The standard InChI is InChI=1S/C27H24F2N2O2/c1-27(2,17-3-9-21(10-4-17)32-25-13-7-19(30)15-23(25)28)18-5-11-22(12-6-18)33-26-14-8-20(31)16-24(26)29/h3-16H,30-31H2,1-2H3. The Morgan fingerprint density at radius 2 is 0.939 bits per heavy atom. The van der Waals surface area contributed by atoms with Gasteiger partial charge in [0.25, 0.3) is 0 Å². The molecule has 33 heavy (non-hydrogen) atoms. The van der Waals surface area contributed by atoms with E-state index in [2.05, 4.69) is 13.8 Å². The first-order valence-electron chi connectivity index (χ1n) is 10.4. The zero-order valence-corrected chi connectivity index (χ0v) is 18.3. The van der Waals surface area contributed by atoms with E-state index in [0.717, 1.165) is 11.1 Å². The molecule has 0 amide bonds. The van der Waals surface area contributed by atoms with Crippen molar-refractivity contribution in [1.29, 1.82) is 0 Å². The molecule has 0 saturated carbocycles. The van der Waals surface area contributed by atoms with E-state index >= 15 is 0 Å². The summed E-state index contributed by atoms with van der Waals surface area (Å²) >= 11 is 0. The van der Waals surface area contributed by atoms with E-state index in [-0.39, 0.29) is 16.9 Å². The van der Waals surface area contributed by atoms with E-state index in [0.29, 0.717) is 22.9 Å². The van der Waals surface area contributed by atoms with Crippen LogP contribution >= 0.6 is 0 Å². The summed E-state index contributed by atoms with van der Waals surface area (Å²) < 4.78 is 39.3. The zero-order valence-electron chi connectivity index (χ0n) is 18.3. The molecule has 0 fully saturated rings. The molecule has 0 atom stereocenters. The first kappa shape index (κ1) is 22.1. The summed E-state index contributed by atoms with van der Waals surface area (Å²) in [7, 11) is 0. The third-order valence-electron chi connectivity index (χ3n) is 5.52. The molecule has 0 aliphatic heterocycles. The van der Waals surface area contributed by atoms with E-state index in [1.54, 1.807) is 36.4 Å². The van der Waals surface area contributed by atoms with Gasteiger partial charge in [-0.15, -0.1) is 0 Å². The number of halogens is 2. The molecule has 4 N–H and O–H groups in total. The fraction of sp³-hybridized carbons (Fsp3) is 0.111. The van der Waals surface area contributed by atoms with Gasteiger partial charge in [-0.1, -0.05) is 38.1 Å². The van der Waals surface area contributed by atoms with Crippen molar-refractivity contribution in [2.24, 2.45) is 0 Å². The highest BCUT2D eigenvalue weighted by Gasteiger charge is 2.23. The zero-order chi connectivity index (χ0) is 23.6. The van der Waals surface area contributed by atoms with Crippen molar-refractivity contribution in [3.63, 3.8) is 0 Å². The lowest BCUT2D eigenvalue weighted by molar-refractivity contribution is 0.441. The second-order valence-electron chi connectivity index (χ2n) is 8.26. The number of ether oxygens (including phenoxy) is 2. The molecule has 0 saturated heterocycles. The van der Waals surface area contributed by atoms with Crippen LogP contribution in [0.1, 0.15) is 25.0 Å². The van der Waals surface area contributed by atoms with Crippen molar-refractivity contribution in [1.82, 2.24) is 0 Å². The molecule has 0 aliphatic carbocycles. The number of hydrogen-bond donors (Lipinski definition) is 2. The van der Waals surface area contributed by atoms with Crippen LogP contribution in [0.25, 0.3) is 0 Å². The SMILES string of the molecule is CC(C)(c1ccc(Oc2ccc(N)cc2F)cc1)c1ccc(Oc2ccc(N)cc2F)cc1. The van der Waals surface area contributed by atoms with E-state index in [4.69, 9.17) is 20.9 Å². The summed E-state index contributed by atoms with van der Waals surface area (Å²) in [4.78, 5) is 0. The Balaban J connectivity index is 1.49. The van der Waals surface area contributed by atoms with Crippen molar-refractivity contribution in [2.45, 2.75) is 19.3 Å². The molecule has 0 bridgehead atoms. The van der Waals surface area contributed by atoms with Gasteiger partial charge >= 0.3 is 0 Å². The average molecular weight is 446 g/mol. The second kappa shape index (κ2) is 8.82. The Kier molecular flexibility index (Phi) is 5.92. The minimum absolute atomic E-state index is 0.115. The number of anilines is 2. The highest BCUT2D eigenvalue weighted by atomic mass is 19.1. The summed E-state index contributed by atoms with van der Waals surface area (Å²) in [6.45, 7) is 4.19. The van der Waals surface area contributed by atoms with Crippen LogP contribution in [0.2, 0.25) is 0 Å². The first-order chi connectivity index (χ1) is 15.7. The predicted octanol–water partition coefficient (Wildman–Crippen LogP) is 7.04. The number of hydrogen-bond acceptors (Lipinski definition) is 4. The lowest BCUT2D eigenvalue weighted by Gasteiger charge is -2.26. The molecule has 0 aromatic heterocycles. The highest BCUT2D eigenvalue weighted by molar-refractivity contribution is 5.47. The largest absolute Gasteiger partial charge is 0.454 e. The first-order valence-corrected chi connectivity index (χ1v) is 10.4. The van der Waals surface area contributed by atoms with Gasteiger partial charge in [0.1, 0.15) is 11.5 Å². The summed E-state index contributed by atoms with van der Waals surface area (Å²) in [5, 5.41) is 0. The summed E-state index contributed by atoms with van der Waals surface area (Å²) in [6, 6.07) is 23.6. The highest BCUT2D eigenvalue weighted by Crippen LogP contribution is 2.35. The van der Waals surface area contributed by atoms with E-state index in [9.17, 15) is 8.78 Å². The smallest absolute Gasteiger partial charge is 0.167 e. The molecule has 4 aromatic rings. The van der Waals surface area contributed by atoms with Crippen molar-refractivity contribution in [3.05, 3.63) is 108 Å². The molecular weight excluding hydrogens is 422 g/mol. The van der Waals surface area contributed by atoms with Crippen LogP contribution in [-0.2, 0) is 5.41 Å². The normalized spacial score (nSPS) is 11.3. The Labute approximate surface area is 191 Å². The van der Waals surface area contributed by atoms with Gasteiger partial charge in [-0.3, -0.25) is 0 Å². The molecule has 0 aliphatic rings. The van der Waals surface area contributed by atoms with E-state index in [1.807, 2.05) is 24.3 Å². The van der Waals surface area contributed by atoms with Gasteiger partial charge in [0.05, 0.1) is 0 Å². The molecule has 4 nitrogen and oxygen atoms in total. The van der Waals surface area contributed by atoms with E-state index < -0.39 is 11.6 Å². The van der Waals surface area contributed by atoms with Crippen LogP contribution in [0.15, 0.2) is 84.9 Å². The Hall–Kier alpha value is -4.06. The van der Waals surface area contributed by atoms with Gasteiger partial charge in [-0.2, -0.15) is 0 Å². The van der Waals surface area contributed by atoms with Gasteiger partial charge in [-0.25, -0.2) is 8.78 Å².